The summed E-state index contributed by atoms with van der Waals surface area (Å²) in [6, 6.07) is 0. The second kappa shape index (κ2) is 4.87. The third kappa shape index (κ3) is 3.40. The van der Waals surface area contributed by atoms with Crippen LogP contribution in [0.15, 0.2) is 24.0 Å². The van der Waals surface area contributed by atoms with Gasteiger partial charge >= 0.3 is 0 Å². The molecule has 0 fully saturated rings. The van der Waals surface area contributed by atoms with Crippen molar-refractivity contribution < 1.29 is 4.74 Å². The van der Waals surface area contributed by atoms with Gasteiger partial charge in [0, 0.05) is 0 Å². The molecule has 1 heteroatoms. The molecule has 0 amide bonds. The zero-order valence-corrected chi connectivity index (χ0v) is 10.6. The zero-order chi connectivity index (χ0) is 11.5. The van der Waals surface area contributed by atoms with Crippen LogP contribution in [0, 0.1) is 11.3 Å². The van der Waals surface area contributed by atoms with Crippen molar-refractivity contribution in [2.24, 2.45) is 11.3 Å². The maximum absolute atomic E-state index is 5.44. The molecule has 0 aliphatic heterocycles. The Morgan fingerprint density at radius 1 is 1.53 bits per heavy atom. The van der Waals surface area contributed by atoms with Crippen molar-refractivity contribution in [2.45, 2.75) is 47.0 Å². The van der Waals surface area contributed by atoms with Crippen LogP contribution < -0.4 is 0 Å². The number of hydrogen-bond acceptors (Lipinski definition) is 1. The van der Waals surface area contributed by atoms with Gasteiger partial charge in [-0.3, -0.25) is 0 Å². The number of rotatable bonds is 3. The lowest BCUT2D eigenvalue weighted by Crippen LogP contribution is -2.22. The van der Waals surface area contributed by atoms with Gasteiger partial charge in [0.15, 0.2) is 0 Å². The monoisotopic (exact) mass is 208 g/mol. The van der Waals surface area contributed by atoms with Crippen molar-refractivity contribution in [2.75, 3.05) is 6.61 Å². The summed E-state index contributed by atoms with van der Waals surface area (Å²) in [5.41, 5.74) is 1.74. The van der Waals surface area contributed by atoms with Crippen LogP contribution in [0.25, 0.3) is 0 Å². The van der Waals surface area contributed by atoms with E-state index in [4.69, 9.17) is 4.74 Å². The van der Waals surface area contributed by atoms with E-state index >= 15 is 0 Å². The van der Waals surface area contributed by atoms with E-state index in [-0.39, 0.29) is 0 Å². The predicted molar refractivity (Wildman–Crippen MR) is 65.6 cm³/mol. The van der Waals surface area contributed by atoms with E-state index in [1.807, 2.05) is 6.92 Å². The Bertz CT molecular complexity index is 255. The number of hydrogen-bond donors (Lipinski definition) is 0. The fourth-order valence-electron chi connectivity index (χ4n) is 2.14. The molecule has 0 aromatic rings. The smallest absolute Gasteiger partial charge is 0.114 e. The molecule has 1 rings (SSSR count). The molecule has 0 radical (unpaired) electrons. The third-order valence-corrected chi connectivity index (χ3v) is 3.31. The molecule has 0 saturated heterocycles. The van der Waals surface area contributed by atoms with Crippen LogP contribution in [0.4, 0.5) is 0 Å². The normalized spacial score (nSPS) is 22.1. The minimum atomic E-state index is 0.426. The summed E-state index contributed by atoms with van der Waals surface area (Å²) in [7, 11) is 0. The fraction of sp³-hybridized carbons (Fsp3) is 0.714. The Hall–Kier alpha value is -0.720. The standard InChI is InChI=1S/C14H24O/c1-6-15-11(2)12-7-9-13(10-8-12)14(3,4)5/h7,13H,2,6,8-10H2,1,3-5H3. The predicted octanol–water partition coefficient (Wildman–Crippen LogP) is 4.31. The molecular formula is C14H24O. The summed E-state index contributed by atoms with van der Waals surface area (Å²) in [6.07, 6.45) is 5.88. The molecule has 0 spiro atoms. The van der Waals surface area contributed by atoms with E-state index in [0.717, 1.165) is 24.7 Å². The van der Waals surface area contributed by atoms with Crippen LogP contribution in [0.2, 0.25) is 0 Å². The van der Waals surface area contributed by atoms with Crippen molar-refractivity contribution >= 4 is 0 Å². The highest BCUT2D eigenvalue weighted by atomic mass is 16.5. The summed E-state index contributed by atoms with van der Waals surface area (Å²) < 4.78 is 5.44. The van der Waals surface area contributed by atoms with Crippen LogP contribution in [0.5, 0.6) is 0 Å². The van der Waals surface area contributed by atoms with Crippen LogP contribution >= 0.6 is 0 Å². The Labute approximate surface area is 94.2 Å². The molecule has 0 aromatic heterocycles. The molecule has 1 unspecified atom stereocenters. The Balaban J connectivity index is 2.55. The van der Waals surface area contributed by atoms with Gasteiger partial charge < -0.3 is 4.74 Å². The summed E-state index contributed by atoms with van der Waals surface area (Å²) >= 11 is 0. The quantitative estimate of drug-likeness (QED) is 0.628. The second-order valence-electron chi connectivity index (χ2n) is 5.42. The summed E-state index contributed by atoms with van der Waals surface area (Å²) in [4.78, 5) is 0. The van der Waals surface area contributed by atoms with Crippen LogP contribution in [-0.2, 0) is 4.74 Å². The van der Waals surface area contributed by atoms with Crippen LogP contribution in [0.1, 0.15) is 47.0 Å². The number of ether oxygens (including phenoxy) is 1. The second-order valence-corrected chi connectivity index (χ2v) is 5.42. The van der Waals surface area contributed by atoms with Crippen molar-refractivity contribution in [3.05, 3.63) is 24.0 Å². The van der Waals surface area contributed by atoms with Gasteiger partial charge in [-0.2, -0.15) is 0 Å². The SMILES string of the molecule is C=C(OCC)C1=CCC(C(C)(C)C)CC1. The molecule has 0 heterocycles. The fourth-order valence-corrected chi connectivity index (χ4v) is 2.14. The first-order chi connectivity index (χ1) is 6.95. The lowest BCUT2D eigenvalue weighted by Gasteiger charge is -2.33. The summed E-state index contributed by atoms with van der Waals surface area (Å²) in [5, 5.41) is 0. The highest BCUT2D eigenvalue weighted by Gasteiger charge is 2.26. The van der Waals surface area contributed by atoms with Crippen LogP contribution in [-0.4, -0.2) is 6.61 Å². The van der Waals surface area contributed by atoms with Gasteiger partial charge in [0.25, 0.3) is 0 Å². The van der Waals surface area contributed by atoms with Crippen LogP contribution in [0.3, 0.4) is 0 Å². The molecule has 1 aliphatic rings. The average Bonchev–Trinajstić information content (AvgIpc) is 2.17. The molecule has 86 valence electrons. The van der Waals surface area contributed by atoms with Gasteiger partial charge in [-0.15, -0.1) is 0 Å². The average molecular weight is 208 g/mol. The molecular weight excluding hydrogens is 184 g/mol. The highest BCUT2D eigenvalue weighted by molar-refractivity contribution is 5.25. The molecule has 1 atom stereocenters. The first-order valence-corrected chi connectivity index (χ1v) is 5.96. The van der Waals surface area contributed by atoms with E-state index in [9.17, 15) is 0 Å². The zero-order valence-electron chi connectivity index (χ0n) is 10.6. The summed E-state index contributed by atoms with van der Waals surface area (Å²) in [5.74, 6) is 1.68. The van der Waals surface area contributed by atoms with Gasteiger partial charge in [-0.1, -0.05) is 33.4 Å². The minimum Gasteiger partial charge on any atom is -0.494 e. The minimum absolute atomic E-state index is 0.426. The topological polar surface area (TPSA) is 9.23 Å². The molecule has 0 aromatic carbocycles. The molecule has 0 N–H and O–H groups in total. The Kier molecular flexibility index (Phi) is 4.01. The van der Waals surface area contributed by atoms with E-state index < -0.39 is 0 Å². The first kappa shape index (κ1) is 12.4. The van der Waals surface area contributed by atoms with E-state index in [0.29, 0.717) is 5.41 Å². The molecule has 1 nitrogen and oxygen atoms in total. The largest absolute Gasteiger partial charge is 0.494 e. The molecule has 1 aliphatic carbocycles. The van der Waals surface area contributed by atoms with Crippen molar-refractivity contribution in [1.82, 2.24) is 0 Å². The van der Waals surface area contributed by atoms with E-state index in [1.165, 1.54) is 18.4 Å². The molecule has 0 saturated carbocycles. The third-order valence-electron chi connectivity index (χ3n) is 3.31. The lowest BCUT2D eigenvalue weighted by molar-refractivity contribution is 0.207. The Morgan fingerprint density at radius 3 is 2.60 bits per heavy atom. The van der Waals surface area contributed by atoms with Gasteiger partial charge in [0.2, 0.25) is 0 Å². The maximum Gasteiger partial charge on any atom is 0.114 e. The van der Waals surface area contributed by atoms with Crippen molar-refractivity contribution in [3.63, 3.8) is 0 Å². The maximum atomic E-state index is 5.44. The Morgan fingerprint density at radius 2 is 2.20 bits per heavy atom. The van der Waals surface area contributed by atoms with E-state index in [1.54, 1.807) is 0 Å². The highest BCUT2D eigenvalue weighted by Crippen LogP contribution is 2.38. The van der Waals surface area contributed by atoms with Crippen molar-refractivity contribution in [3.8, 4) is 0 Å². The summed E-state index contributed by atoms with van der Waals surface area (Å²) in [6.45, 7) is 13.7. The molecule has 0 bridgehead atoms. The molecule has 15 heavy (non-hydrogen) atoms. The van der Waals surface area contributed by atoms with Gasteiger partial charge in [-0.05, 0) is 43.1 Å². The van der Waals surface area contributed by atoms with E-state index in [2.05, 4.69) is 33.4 Å². The first-order valence-electron chi connectivity index (χ1n) is 5.96. The lowest BCUT2D eigenvalue weighted by atomic mass is 9.73. The number of allylic oxidation sites excluding steroid dienone is 2. The van der Waals surface area contributed by atoms with Gasteiger partial charge in [-0.25, -0.2) is 0 Å². The van der Waals surface area contributed by atoms with Crippen molar-refractivity contribution in [1.29, 1.82) is 0 Å². The van der Waals surface area contributed by atoms with Gasteiger partial charge in [0.05, 0.1) is 6.61 Å². The van der Waals surface area contributed by atoms with Gasteiger partial charge in [0.1, 0.15) is 5.76 Å².